The normalized spacial score (nSPS) is 12.2. The number of benzene rings is 3. The van der Waals surface area contributed by atoms with Gasteiger partial charge in [-0.2, -0.15) is 11.8 Å². The molecule has 3 rings (SSSR count). The SMILES string of the molecule is CSCC[C@H](NC(=O)c1ccc(CNC(C)(C)Cc2ccccc2)cc1-c1ccccc1C)C(=O)O. The molecule has 5 nitrogen and oxygen atoms in total. The third-order valence-electron chi connectivity index (χ3n) is 6.24. The van der Waals surface area contributed by atoms with Crippen LogP contribution in [-0.2, 0) is 17.8 Å². The van der Waals surface area contributed by atoms with Gasteiger partial charge in [0.15, 0.2) is 0 Å². The van der Waals surface area contributed by atoms with Crippen LogP contribution in [0.3, 0.4) is 0 Å². The van der Waals surface area contributed by atoms with Gasteiger partial charge in [-0.1, -0.05) is 60.7 Å². The molecule has 3 aromatic carbocycles. The topological polar surface area (TPSA) is 78.4 Å². The third kappa shape index (κ3) is 7.70. The number of carboxylic acid groups (broad SMARTS) is 1. The van der Waals surface area contributed by atoms with Crippen molar-refractivity contribution in [3.8, 4) is 11.1 Å². The summed E-state index contributed by atoms with van der Waals surface area (Å²) < 4.78 is 0. The van der Waals surface area contributed by atoms with E-state index >= 15 is 0 Å². The van der Waals surface area contributed by atoms with Gasteiger partial charge in [0.1, 0.15) is 6.04 Å². The lowest BCUT2D eigenvalue weighted by molar-refractivity contribution is -0.139. The molecule has 0 aliphatic heterocycles. The number of thioether (sulfide) groups is 1. The van der Waals surface area contributed by atoms with Crippen molar-refractivity contribution in [1.82, 2.24) is 10.6 Å². The third-order valence-corrected chi connectivity index (χ3v) is 6.88. The van der Waals surface area contributed by atoms with Crippen molar-refractivity contribution in [1.29, 1.82) is 0 Å². The monoisotopic (exact) mass is 504 g/mol. The number of nitrogens with one attached hydrogen (secondary N) is 2. The minimum Gasteiger partial charge on any atom is -0.480 e. The van der Waals surface area contributed by atoms with Crippen LogP contribution in [-0.4, -0.2) is 40.6 Å². The summed E-state index contributed by atoms with van der Waals surface area (Å²) in [5.41, 5.74) is 5.51. The average molecular weight is 505 g/mol. The van der Waals surface area contributed by atoms with Gasteiger partial charge < -0.3 is 15.7 Å². The first-order valence-corrected chi connectivity index (χ1v) is 13.6. The molecule has 0 saturated carbocycles. The Morgan fingerprint density at radius 3 is 2.31 bits per heavy atom. The molecule has 0 spiro atoms. The van der Waals surface area contributed by atoms with E-state index in [4.69, 9.17) is 0 Å². The predicted molar refractivity (Wildman–Crippen MR) is 150 cm³/mol. The molecule has 0 aliphatic carbocycles. The summed E-state index contributed by atoms with van der Waals surface area (Å²) in [5.74, 6) is -0.729. The Morgan fingerprint density at radius 2 is 1.64 bits per heavy atom. The molecule has 1 amide bonds. The van der Waals surface area contributed by atoms with Crippen molar-refractivity contribution in [3.05, 3.63) is 95.1 Å². The van der Waals surface area contributed by atoms with Gasteiger partial charge in [0, 0.05) is 17.6 Å². The van der Waals surface area contributed by atoms with Crippen molar-refractivity contribution in [2.45, 2.75) is 51.7 Å². The van der Waals surface area contributed by atoms with Gasteiger partial charge in [-0.15, -0.1) is 0 Å². The zero-order chi connectivity index (χ0) is 26.1. The maximum absolute atomic E-state index is 13.3. The summed E-state index contributed by atoms with van der Waals surface area (Å²) in [7, 11) is 0. The standard InChI is InChI=1S/C30H36N2O3S/c1-21-10-8-9-13-24(21)26-18-23(20-31-30(2,3)19-22-11-6-5-7-12-22)14-15-25(26)28(33)32-27(29(34)35)16-17-36-4/h5-15,18,27,31H,16-17,19-20H2,1-4H3,(H,32,33)(H,34,35)/t27-/m0/s1. The van der Waals surface area contributed by atoms with Gasteiger partial charge in [-0.05, 0) is 85.6 Å². The lowest BCUT2D eigenvalue weighted by Crippen LogP contribution is -2.41. The molecular formula is C30H36N2O3S. The largest absolute Gasteiger partial charge is 0.480 e. The molecule has 0 heterocycles. The van der Waals surface area contributed by atoms with Gasteiger partial charge in [-0.3, -0.25) is 4.79 Å². The van der Waals surface area contributed by atoms with Crippen LogP contribution in [0.2, 0.25) is 0 Å². The van der Waals surface area contributed by atoms with Gasteiger partial charge in [-0.25, -0.2) is 4.79 Å². The Hall–Kier alpha value is -3.09. The molecule has 1 atom stereocenters. The fourth-order valence-corrected chi connectivity index (χ4v) is 4.71. The van der Waals surface area contributed by atoms with Crippen molar-refractivity contribution in [3.63, 3.8) is 0 Å². The molecular weight excluding hydrogens is 468 g/mol. The summed E-state index contributed by atoms with van der Waals surface area (Å²) in [4.78, 5) is 25.0. The lowest BCUT2D eigenvalue weighted by atomic mass is 9.92. The van der Waals surface area contributed by atoms with Crippen LogP contribution in [0.5, 0.6) is 0 Å². The van der Waals surface area contributed by atoms with E-state index in [0.29, 0.717) is 24.3 Å². The van der Waals surface area contributed by atoms with Crippen LogP contribution in [0.4, 0.5) is 0 Å². The Labute approximate surface area is 218 Å². The highest BCUT2D eigenvalue weighted by Crippen LogP contribution is 2.29. The molecule has 0 fully saturated rings. The maximum atomic E-state index is 13.3. The van der Waals surface area contributed by atoms with Crippen molar-refractivity contribution >= 4 is 23.6 Å². The number of aliphatic carboxylic acids is 1. The Bertz CT molecular complexity index is 1180. The van der Waals surface area contributed by atoms with Gasteiger partial charge in [0.25, 0.3) is 5.91 Å². The summed E-state index contributed by atoms with van der Waals surface area (Å²) >= 11 is 1.56. The highest BCUT2D eigenvalue weighted by molar-refractivity contribution is 7.98. The Kier molecular flexibility index (Phi) is 9.73. The van der Waals surface area contributed by atoms with E-state index in [0.717, 1.165) is 28.7 Å². The van der Waals surface area contributed by atoms with E-state index in [1.807, 2.05) is 61.7 Å². The number of hydrogen-bond acceptors (Lipinski definition) is 4. The highest BCUT2D eigenvalue weighted by Gasteiger charge is 2.23. The highest BCUT2D eigenvalue weighted by atomic mass is 32.2. The smallest absolute Gasteiger partial charge is 0.326 e. The van der Waals surface area contributed by atoms with E-state index in [2.05, 4.69) is 48.7 Å². The van der Waals surface area contributed by atoms with Crippen LogP contribution < -0.4 is 10.6 Å². The maximum Gasteiger partial charge on any atom is 0.326 e. The lowest BCUT2D eigenvalue weighted by Gasteiger charge is -2.27. The molecule has 0 unspecified atom stereocenters. The van der Waals surface area contributed by atoms with E-state index in [1.165, 1.54) is 5.56 Å². The van der Waals surface area contributed by atoms with E-state index in [-0.39, 0.29) is 11.4 Å². The van der Waals surface area contributed by atoms with Crippen LogP contribution in [0, 0.1) is 6.92 Å². The molecule has 0 radical (unpaired) electrons. The number of carbonyl (C=O) groups excluding carboxylic acids is 1. The fourth-order valence-electron chi connectivity index (χ4n) is 4.24. The second-order valence-corrected chi connectivity index (χ2v) is 10.7. The van der Waals surface area contributed by atoms with Crippen LogP contribution in [0.25, 0.3) is 11.1 Å². The second kappa shape index (κ2) is 12.7. The summed E-state index contributed by atoms with van der Waals surface area (Å²) in [5, 5.41) is 16.0. The second-order valence-electron chi connectivity index (χ2n) is 9.74. The number of carboxylic acids is 1. The van der Waals surface area contributed by atoms with E-state index in [9.17, 15) is 14.7 Å². The number of rotatable bonds is 12. The van der Waals surface area contributed by atoms with Crippen molar-refractivity contribution in [2.24, 2.45) is 0 Å². The summed E-state index contributed by atoms with van der Waals surface area (Å²) in [6.07, 6.45) is 3.19. The quantitative estimate of drug-likeness (QED) is 0.295. The number of hydrogen-bond donors (Lipinski definition) is 3. The number of amides is 1. The van der Waals surface area contributed by atoms with Crippen molar-refractivity contribution < 1.29 is 14.7 Å². The van der Waals surface area contributed by atoms with Crippen LogP contribution >= 0.6 is 11.8 Å². The fraction of sp³-hybridized carbons (Fsp3) is 0.333. The summed E-state index contributed by atoms with van der Waals surface area (Å²) in [6.45, 7) is 7.03. The van der Waals surface area contributed by atoms with Crippen molar-refractivity contribution in [2.75, 3.05) is 12.0 Å². The molecule has 3 N–H and O–H groups in total. The molecule has 0 saturated heterocycles. The zero-order valence-corrected chi connectivity index (χ0v) is 22.3. The summed E-state index contributed by atoms with van der Waals surface area (Å²) in [6, 6.07) is 23.2. The minimum absolute atomic E-state index is 0.119. The number of carbonyl (C=O) groups is 2. The van der Waals surface area contributed by atoms with Crippen LogP contribution in [0.15, 0.2) is 72.8 Å². The molecule has 36 heavy (non-hydrogen) atoms. The first kappa shape index (κ1) is 27.5. The molecule has 6 heteroatoms. The zero-order valence-electron chi connectivity index (χ0n) is 21.5. The van der Waals surface area contributed by atoms with E-state index in [1.54, 1.807) is 11.8 Å². The van der Waals surface area contributed by atoms with Gasteiger partial charge in [0.05, 0.1) is 0 Å². The molecule has 3 aromatic rings. The van der Waals surface area contributed by atoms with E-state index < -0.39 is 12.0 Å². The molecule has 0 aromatic heterocycles. The van der Waals surface area contributed by atoms with Gasteiger partial charge >= 0.3 is 5.97 Å². The predicted octanol–water partition coefficient (Wildman–Crippen LogP) is 5.71. The minimum atomic E-state index is -1.02. The average Bonchev–Trinajstić information content (AvgIpc) is 2.85. The first-order valence-electron chi connectivity index (χ1n) is 12.2. The molecule has 190 valence electrons. The molecule has 0 aliphatic rings. The van der Waals surface area contributed by atoms with Gasteiger partial charge in [0.2, 0.25) is 0 Å². The Morgan fingerprint density at radius 1 is 0.944 bits per heavy atom. The first-order chi connectivity index (χ1) is 17.2. The number of aryl methyl sites for hydroxylation is 1. The molecule has 0 bridgehead atoms. The Balaban J connectivity index is 1.86. The van der Waals surface area contributed by atoms with Crippen LogP contribution in [0.1, 0.15) is 47.3 Å².